The van der Waals surface area contributed by atoms with Gasteiger partial charge in [0, 0.05) is 38.6 Å². The molecule has 2 heterocycles. The van der Waals surface area contributed by atoms with Crippen molar-refractivity contribution in [2.75, 3.05) is 26.2 Å². The van der Waals surface area contributed by atoms with Crippen LogP contribution in [0.3, 0.4) is 0 Å². The number of furan rings is 1. The van der Waals surface area contributed by atoms with E-state index in [1.54, 1.807) is 12.3 Å². The Morgan fingerprint density at radius 2 is 2.22 bits per heavy atom. The number of rotatable bonds is 5. The average Bonchev–Trinajstić information content (AvgIpc) is 2.82. The van der Waals surface area contributed by atoms with E-state index >= 15 is 0 Å². The molecule has 0 saturated carbocycles. The first-order chi connectivity index (χ1) is 8.58. The van der Waals surface area contributed by atoms with Crippen LogP contribution < -0.4 is 10.0 Å². The number of nitrogens with zero attached hydrogens (tertiary/aromatic N) is 1. The fraction of sp³-hybridized carbons (Fsp3) is 0.636. The maximum atomic E-state index is 12.1. The highest BCUT2D eigenvalue weighted by Crippen LogP contribution is 2.07. The van der Waals surface area contributed by atoms with Gasteiger partial charge >= 0.3 is 0 Å². The summed E-state index contributed by atoms with van der Waals surface area (Å²) in [5.41, 5.74) is 0. The molecular formula is C11H19N3O3S. The minimum absolute atomic E-state index is 0.184. The zero-order chi connectivity index (χ0) is 13.0. The van der Waals surface area contributed by atoms with Crippen LogP contribution in [0.15, 0.2) is 22.8 Å². The highest BCUT2D eigenvalue weighted by atomic mass is 32.2. The van der Waals surface area contributed by atoms with E-state index < -0.39 is 10.2 Å². The van der Waals surface area contributed by atoms with Gasteiger partial charge in [0.05, 0.1) is 6.26 Å². The Kier molecular flexibility index (Phi) is 4.39. The summed E-state index contributed by atoms with van der Waals surface area (Å²) in [5.74, 6) is 0.783. The summed E-state index contributed by atoms with van der Waals surface area (Å²) in [7, 11) is -3.38. The van der Waals surface area contributed by atoms with E-state index in [2.05, 4.69) is 10.0 Å². The summed E-state index contributed by atoms with van der Waals surface area (Å²) in [4.78, 5) is 0. The lowest BCUT2D eigenvalue weighted by Gasteiger charge is -2.28. The highest BCUT2D eigenvalue weighted by Gasteiger charge is 2.25. The second kappa shape index (κ2) is 5.83. The van der Waals surface area contributed by atoms with Crippen LogP contribution in [0.25, 0.3) is 0 Å². The first-order valence-corrected chi connectivity index (χ1v) is 7.52. The predicted molar refractivity (Wildman–Crippen MR) is 68.4 cm³/mol. The lowest BCUT2D eigenvalue weighted by atomic mass is 10.2. The van der Waals surface area contributed by atoms with E-state index in [-0.39, 0.29) is 6.04 Å². The molecular weight excluding hydrogens is 254 g/mol. The van der Waals surface area contributed by atoms with Crippen LogP contribution in [0, 0.1) is 0 Å². The van der Waals surface area contributed by atoms with E-state index in [1.165, 1.54) is 4.31 Å². The van der Waals surface area contributed by atoms with Crippen LogP contribution in [0.2, 0.25) is 0 Å². The van der Waals surface area contributed by atoms with Gasteiger partial charge in [0.1, 0.15) is 5.76 Å². The first kappa shape index (κ1) is 13.5. The Bertz CT molecular complexity index is 452. The van der Waals surface area contributed by atoms with Crippen LogP contribution in [-0.2, 0) is 16.6 Å². The van der Waals surface area contributed by atoms with Crippen LogP contribution in [0.5, 0.6) is 0 Å². The second-order valence-corrected chi connectivity index (χ2v) is 6.16. The highest BCUT2D eigenvalue weighted by molar-refractivity contribution is 7.87. The van der Waals surface area contributed by atoms with Gasteiger partial charge in [0.15, 0.2) is 0 Å². The maximum Gasteiger partial charge on any atom is 0.279 e. The third kappa shape index (κ3) is 3.55. The normalized spacial score (nSPS) is 19.8. The van der Waals surface area contributed by atoms with Crippen molar-refractivity contribution < 1.29 is 12.8 Å². The predicted octanol–water partition coefficient (Wildman–Crippen LogP) is -0.0498. The Morgan fingerprint density at radius 3 is 2.83 bits per heavy atom. The molecule has 1 aliphatic heterocycles. The van der Waals surface area contributed by atoms with E-state index in [1.807, 2.05) is 13.0 Å². The zero-order valence-electron chi connectivity index (χ0n) is 10.4. The summed E-state index contributed by atoms with van der Waals surface area (Å²) in [6.45, 7) is 4.27. The van der Waals surface area contributed by atoms with E-state index in [4.69, 9.17) is 4.42 Å². The van der Waals surface area contributed by atoms with Crippen molar-refractivity contribution in [2.45, 2.75) is 19.4 Å². The molecule has 1 aromatic heterocycles. The van der Waals surface area contributed by atoms with Crippen molar-refractivity contribution >= 4 is 10.2 Å². The molecule has 1 unspecified atom stereocenters. The summed E-state index contributed by atoms with van der Waals surface area (Å²) < 4.78 is 33.5. The molecule has 0 bridgehead atoms. The lowest BCUT2D eigenvalue weighted by Crippen LogP contribution is -2.52. The molecule has 7 heteroatoms. The molecule has 0 aliphatic carbocycles. The first-order valence-electron chi connectivity index (χ1n) is 6.08. The molecule has 18 heavy (non-hydrogen) atoms. The van der Waals surface area contributed by atoms with Crippen molar-refractivity contribution in [3.05, 3.63) is 24.2 Å². The lowest BCUT2D eigenvalue weighted by molar-refractivity contribution is 0.351. The minimum Gasteiger partial charge on any atom is -0.469 e. The second-order valence-electron chi connectivity index (χ2n) is 4.46. The van der Waals surface area contributed by atoms with Crippen molar-refractivity contribution in [2.24, 2.45) is 0 Å². The third-order valence-corrected chi connectivity index (χ3v) is 4.60. The number of hydrogen-bond donors (Lipinski definition) is 2. The Balaban J connectivity index is 1.90. The number of hydrogen-bond acceptors (Lipinski definition) is 4. The minimum atomic E-state index is -3.38. The summed E-state index contributed by atoms with van der Waals surface area (Å²) >= 11 is 0. The molecule has 1 aliphatic rings. The van der Waals surface area contributed by atoms with Crippen LogP contribution in [-0.4, -0.2) is 44.9 Å². The van der Waals surface area contributed by atoms with Crippen molar-refractivity contribution in [3.8, 4) is 0 Å². The molecule has 0 amide bonds. The van der Waals surface area contributed by atoms with Gasteiger partial charge in [-0.15, -0.1) is 0 Å². The molecule has 0 spiro atoms. The molecule has 0 radical (unpaired) electrons. The van der Waals surface area contributed by atoms with Crippen molar-refractivity contribution in [3.63, 3.8) is 0 Å². The SMILES string of the molecule is CC(Cc1ccco1)NS(=O)(=O)N1CCNCC1. The summed E-state index contributed by atoms with van der Waals surface area (Å²) in [6.07, 6.45) is 2.14. The number of piperazine rings is 1. The van der Waals surface area contributed by atoms with Gasteiger partial charge in [-0.1, -0.05) is 0 Å². The molecule has 1 saturated heterocycles. The monoisotopic (exact) mass is 273 g/mol. The molecule has 102 valence electrons. The standard InChI is InChI=1S/C11H19N3O3S/c1-10(9-11-3-2-8-17-11)13-18(15,16)14-6-4-12-5-7-14/h2-3,8,10,12-13H,4-7,9H2,1H3. The van der Waals surface area contributed by atoms with Crippen molar-refractivity contribution in [1.82, 2.24) is 14.3 Å². The Hall–Kier alpha value is -0.890. The molecule has 6 nitrogen and oxygen atoms in total. The molecule has 1 fully saturated rings. The van der Waals surface area contributed by atoms with Gasteiger partial charge in [-0.3, -0.25) is 0 Å². The Morgan fingerprint density at radius 1 is 1.50 bits per heavy atom. The summed E-state index contributed by atoms with van der Waals surface area (Å²) in [6, 6.07) is 3.46. The van der Waals surface area contributed by atoms with E-state index in [0.29, 0.717) is 32.6 Å². The van der Waals surface area contributed by atoms with E-state index in [0.717, 1.165) is 5.76 Å². The Labute approximate surface area is 108 Å². The smallest absolute Gasteiger partial charge is 0.279 e. The van der Waals surface area contributed by atoms with Crippen LogP contribution in [0.4, 0.5) is 0 Å². The van der Waals surface area contributed by atoms with Gasteiger partial charge in [-0.25, -0.2) is 0 Å². The molecule has 2 rings (SSSR count). The van der Waals surface area contributed by atoms with Gasteiger partial charge in [0.25, 0.3) is 10.2 Å². The fourth-order valence-electron chi connectivity index (χ4n) is 1.99. The fourth-order valence-corrected chi connectivity index (χ4v) is 3.39. The quantitative estimate of drug-likeness (QED) is 0.789. The summed E-state index contributed by atoms with van der Waals surface area (Å²) in [5, 5.41) is 3.13. The zero-order valence-corrected chi connectivity index (χ0v) is 11.2. The molecule has 1 atom stereocenters. The van der Waals surface area contributed by atoms with Gasteiger partial charge in [-0.2, -0.15) is 17.4 Å². The van der Waals surface area contributed by atoms with Crippen molar-refractivity contribution in [1.29, 1.82) is 0 Å². The van der Waals surface area contributed by atoms with Gasteiger partial charge < -0.3 is 9.73 Å². The van der Waals surface area contributed by atoms with E-state index in [9.17, 15) is 8.42 Å². The third-order valence-electron chi connectivity index (χ3n) is 2.85. The van der Waals surface area contributed by atoms with Gasteiger partial charge in [0.2, 0.25) is 0 Å². The average molecular weight is 273 g/mol. The topological polar surface area (TPSA) is 74.6 Å². The largest absolute Gasteiger partial charge is 0.469 e. The molecule has 1 aromatic rings. The number of nitrogens with one attached hydrogen (secondary N) is 2. The van der Waals surface area contributed by atoms with Crippen LogP contribution in [0.1, 0.15) is 12.7 Å². The van der Waals surface area contributed by atoms with Gasteiger partial charge in [-0.05, 0) is 19.1 Å². The maximum absolute atomic E-state index is 12.1. The molecule has 2 N–H and O–H groups in total. The van der Waals surface area contributed by atoms with Crippen LogP contribution >= 0.6 is 0 Å². The molecule has 0 aromatic carbocycles.